The Kier molecular flexibility index (Phi) is 8.09. The van der Waals surface area contributed by atoms with E-state index in [-0.39, 0.29) is 11.8 Å². The summed E-state index contributed by atoms with van der Waals surface area (Å²) in [6.45, 7) is 3.19. The quantitative estimate of drug-likeness (QED) is 0.623. The number of ether oxygens (including phenoxy) is 2. The van der Waals surface area contributed by atoms with E-state index in [2.05, 4.69) is 15.6 Å². The lowest BCUT2D eigenvalue weighted by molar-refractivity contribution is -0.121. The van der Waals surface area contributed by atoms with Gasteiger partial charge in [0.15, 0.2) is 11.5 Å². The number of hydrogen-bond acceptors (Lipinski definition) is 5. The molecule has 0 spiro atoms. The number of carbonyl (C=O) groups is 2. The van der Waals surface area contributed by atoms with E-state index in [1.54, 1.807) is 31.5 Å². The molecule has 0 aliphatic rings. The number of aryl methyl sites for hydroxylation is 1. The molecule has 2 aromatic rings. The molecule has 0 aliphatic heterocycles. The van der Waals surface area contributed by atoms with Crippen LogP contribution in [-0.4, -0.2) is 43.6 Å². The monoisotopic (exact) mass is 371 g/mol. The zero-order valence-electron chi connectivity index (χ0n) is 15.7. The summed E-state index contributed by atoms with van der Waals surface area (Å²) in [5, 5.41) is 5.50. The van der Waals surface area contributed by atoms with E-state index in [9.17, 15) is 9.59 Å². The molecule has 0 fully saturated rings. The third-order valence-corrected chi connectivity index (χ3v) is 3.80. The number of pyridine rings is 1. The fraction of sp³-hybridized carbons (Fsp3) is 0.350. The smallest absolute Gasteiger partial charge is 0.269 e. The van der Waals surface area contributed by atoms with Crippen LogP contribution >= 0.6 is 0 Å². The van der Waals surface area contributed by atoms with Gasteiger partial charge in [0.2, 0.25) is 5.91 Å². The van der Waals surface area contributed by atoms with Gasteiger partial charge in [0, 0.05) is 25.7 Å². The Morgan fingerprint density at radius 2 is 1.89 bits per heavy atom. The summed E-state index contributed by atoms with van der Waals surface area (Å²) in [5.74, 6) is 1.02. The molecule has 1 heterocycles. The number of aromatic nitrogens is 1. The van der Waals surface area contributed by atoms with Crippen LogP contribution in [0.25, 0.3) is 0 Å². The molecule has 1 aromatic carbocycles. The lowest BCUT2D eigenvalue weighted by Crippen LogP contribution is -2.35. The highest BCUT2D eigenvalue weighted by Crippen LogP contribution is 2.28. The number of methoxy groups -OCH3 is 1. The number of nitrogens with one attached hydrogen (secondary N) is 2. The van der Waals surface area contributed by atoms with E-state index in [1.165, 1.54) is 0 Å². The summed E-state index contributed by atoms with van der Waals surface area (Å²) in [6, 6.07) is 10.8. The van der Waals surface area contributed by atoms with Crippen LogP contribution < -0.4 is 20.1 Å². The topological polar surface area (TPSA) is 89.6 Å². The highest BCUT2D eigenvalue weighted by atomic mass is 16.5. The lowest BCUT2D eigenvalue weighted by atomic mass is 10.1. The number of hydrogen-bond donors (Lipinski definition) is 2. The summed E-state index contributed by atoms with van der Waals surface area (Å²) in [6.07, 6.45) is 2.51. The zero-order chi connectivity index (χ0) is 19.5. The second kappa shape index (κ2) is 10.8. The fourth-order valence-electron chi connectivity index (χ4n) is 2.45. The van der Waals surface area contributed by atoms with Crippen molar-refractivity contribution in [3.05, 3.63) is 53.9 Å². The molecular formula is C20H25N3O4. The van der Waals surface area contributed by atoms with Crippen LogP contribution in [0.3, 0.4) is 0 Å². The van der Waals surface area contributed by atoms with E-state index in [0.717, 1.165) is 5.56 Å². The fourth-order valence-corrected chi connectivity index (χ4v) is 2.45. The van der Waals surface area contributed by atoms with Crippen molar-refractivity contribution in [2.24, 2.45) is 0 Å². The predicted molar refractivity (Wildman–Crippen MR) is 102 cm³/mol. The Bertz CT molecular complexity index is 750. The first-order chi connectivity index (χ1) is 13.1. The van der Waals surface area contributed by atoms with Crippen molar-refractivity contribution in [1.29, 1.82) is 0 Å². The van der Waals surface area contributed by atoms with Crippen LogP contribution in [0.2, 0.25) is 0 Å². The molecule has 7 nitrogen and oxygen atoms in total. The van der Waals surface area contributed by atoms with Crippen LogP contribution in [0.15, 0.2) is 42.6 Å². The van der Waals surface area contributed by atoms with Crippen molar-refractivity contribution >= 4 is 11.8 Å². The molecule has 0 saturated carbocycles. The summed E-state index contributed by atoms with van der Waals surface area (Å²) in [7, 11) is 1.59. The molecule has 0 radical (unpaired) electrons. The van der Waals surface area contributed by atoms with E-state index >= 15 is 0 Å². The van der Waals surface area contributed by atoms with E-state index < -0.39 is 0 Å². The normalized spacial score (nSPS) is 10.1. The van der Waals surface area contributed by atoms with Crippen molar-refractivity contribution in [2.75, 3.05) is 26.8 Å². The summed E-state index contributed by atoms with van der Waals surface area (Å²) >= 11 is 0. The summed E-state index contributed by atoms with van der Waals surface area (Å²) < 4.78 is 10.8. The van der Waals surface area contributed by atoms with Gasteiger partial charge < -0.3 is 20.1 Å². The van der Waals surface area contributed by atoms with Crippen LogP contribution in [-0.2, 0) is 11.2 Å². The maximum absolute atomic E-state index is 12.0. The van der Waals surface area contributed by atoms with Gasteiger partial charge in [-0.1, -0.05) is 12.1 Å². The first kappa shape index (κ1) is 20.2. The number of benzene rings is 1. The van der Waals surface area contributed by atoms with E-state index in [1.807, 2.05) is 25.1 Å². The maximum atomic E-state index is 12.0. The summed E-state index contributed by atoms with van der Waals surface area (Å²) in [4.78, 5) is 27.8. The predicted octanol–water partition coefficient (Wildman–Crippen LogP) is 1.97. The third kappa shape index (κ3) is 6.62. The van der Waals surface area contributed by atoms with Gasteiger partial charge in [-0.3, -0.25) is 14.6 Å². The summed E-state index contributed by atoms with van der Waals surface area (Å²) in [5.41, 5.74) is 1.35. The van der Waals surface area contributed by atoms with Gasteiger partial charge in [-0.2, -0.15) is 0 Å². The number of rotatable bonds is 10. The minimum atomic E-state index is -0.258. The maximum Gasteiger partial charge on any atom is 0.269 e. The van der Waals surface area contributed by atoms with Crippen LogP contribution in [0.5, 0.6) is 11.5 Å². The minimum Gasteiger partial charge on any atom is -0.493 e. The molecule has 0 atom stereocenters. The Balaban J connectivity index is 1.69. The number of carbonyl (C=O) groups excluding carboxylic acids is 2. The van der Waals surface area contributed by atoms with Crippen molar-refractivity contribution in [2.45, 2.75) is 19.8 Å². The molecule has 1 aromatic heterocycles. The molecule has 2 amide bonds. The van der Waals surface area contributed by atoms with Gasteiger partial charge >= 0.3 is 0 Å². The van der Waals surface area contributed by atoms with Crippen LogP contribution in [0.4, 0.5) is 0 Å². The molecular weight excluding hydrogens is 346 g/mol. The Morgan fingerprint density at radius 3 is 2.59 bits per heavy atom. The van der Waals surface area contributed by atoms with Gasteiger partial charge in [0.25, 0.3) is 5.91 Å². The highest BCUT2D eigenvalue weighted by Gasteiger charge is 2.08. The minimum absolute atomic E-state index is 0.0741. The molecule has 144 valence electrons. The van der Waals surface area contributed by atoms with E-state index in [0.29, 0.717) is 49.7 Å². The van der Waals surface area contributed by atoms with E-state index in [4.69, 9.17) is 9.47 Å². The Labute approximate surface area is 159 Å². The van der Waals surface area contributed by atoms with Crippen LogP contribution in [0, 0.1) is 0 Å². The van der Waals surface area contributed by atoms with Crippen molar-refractivity contribution < 1.29 is 19.1 Å². The molecule has 0 aliphatic carbocycles. The molecule has 2 N–H and O–H groups in total. The van der Waals surface area contributed by atoms with Gasteiger partial charge in [-0.05, 0) is 43.2 Å². The van der Waals surface area contributed by atoms with Crippen LogP contribution in [0.1, 0.15) is 29.4 Å². The van der Waals surface area contributed by atoms with Gasteiger partial charge in [0.1, 0.15) is 5.69 Å². The molecule has 7 heteroatoms. The first-order valence-corrected chi connectivity index (χ1v) is 8.89. The van der Waals surface area contributed by atoms with Crippen molar-refractivity contribution in [3.63, 3.8) is 0 Å². The molecule has 0 unspecified atom stereocenters. The average molecular weight is 371 g/mol. The SMILES string of the molecule is CCOc1ccc(CCC(=O)NCCNC(=O)c2ccccn2)cc1OC. The van der Waals surface area contributed by atoms with Gasteiger partial charge in [-0.25, -0.2) is 0 Å². The number of amides is 2. The second-order valence-electron chi connectivity index (χ2n) is 5.74. The Hall–Kier alpha value is -3.09. The molecule has 2 rings (SSSR count). The first-order valence-electron chi connectivity index (χ1n) is 8.89. The lowest BCUT2D eigenvalue weighted by Gasteiger charge is -2.11. The number of nitrogens with zero attached hydrogens (tertiary/aromatic N) is 1. The van der Waals surface area contributed by atoms with Crippen molar-refractivity contribution in [1.82, 2.24) is 15.6 Å². The average Bonchev–Trinajstić information content (AvgIpc) is 2.71. The molecule has 27 heavy (non-hydrogen) atoms. The molecule has 0 bridgehead atoms. The van der Waals surface area contributed by atoms with Gasteiger partial charge in [-0.15, -0.1) is 0 Å². The standard InChI is InChI=1S/C20H25N3O4/c1-3-27-17-9-7-15(14-18(17)26-2)8-10-19(24)22-12-13-23-20(25)16-6-4-5-11-21-16/h4-7,9,11,14H,3,8,10,12-13H2,1-2H3,(H,22,24)(H,23,25). The second-order valence-corrected chi connectivity index (χ2v) is 5.74. The molecule has 0 saturated heterocycles. The third-order valence-electron chi connectivity index (χ3n) is 3.80. The van der Waals surface area contributed by atoms with Crippen molar-refractivity contribution in [3.8, 4) is 11.5 Å². The highest BCUT2D eigenvalue weighted by molar-refractivity contribution is 5.92. The zero-order valence-corrected chi connectivity index (χ0v) is 15.7. The Morgan fingerprint density at radius 1 is 1.07 bits per heavy atom. The largest absolute Gasteiger partial charge is 0.493 e. The van der Waals surface area contributed by atoms with Gasteiger partial charge in [0.05, 0.1) is 13.7 Å².